The molecule has 4 rings (SSSR count). The van der Waals surface area contributed by atoms with Gasteiger partial charge in [-0.15, -0.1) is 0 Å². The van der Waals surface area contributed by atoms with E-state index in [0.717, 1.165) is 41.4 Å². The number of nitrogens with zero attached hydrogens (tertiary/aromatic N) is 2. The quantitative estimate of drug-likeness (QED) is 0.514. The maximum absolute atomic E-state index is 13.5. The monoisotopic (exact) mass is 461 g/mol. The molecule has 0 bridgehead atoms. The number of halogens is 1. The molecule has 2 aromatic carbocycles. The van der Waals surface area contributed by atoms with Crippen LogP contribution in [0.2, 0.25) is 0 Å². The number of carbonyl (C=O) groups is 2. The molecule has 2 heterocycles. The van der Waals surface area contributed by atoms with E-state index in [4.69, 9.17) is 0 Å². The highest BCUT2D eigenvalue weighted by Crippen LogP contribution is 2.29. The van der Waals surface area contributed by atoms with Crippen LogP contribution in [0.1, 0.15) is 39.3 Å². The molecule has 1 fully saturated rings. The van der Waals surface area contributed by atoms with Gasteiger partial charge in [0, 0.05) is 43.5 Å². The van der Waals surface area contributed by atoms with Crippen molar-refractivity contribution in [1.82, 2.24) is 9.47 Å². The summed E-state index contributed by atoms with van der Waals surface area (Å²) in [7, 11) is 0. The van der Waals surface area contributed by atoms with E-state index in [1.165, 1.54) is 25.5 Å². The van der Waals surface area contributed by atoms with E-state index in [1.54, 1.807) is 12.1 Å². The fraction of sp³-hybridized carbons (Fsp3) is 0.357. The van der Waals surface area contributed by atoms with Crippen molar-refractivity contribution in [3.8, 4) is 16.9 Å². The van der Waals surface area contributed by atoms with E-state index in [1.807, 2.05) is 41.3 Å². The van der Waals surface area contributed by atoms with Crippen LogP contribution in [0.25, 0.3) is 16.9 Å². The second-order valence-corrected chi connectivity index (χ2v) is 9.53. The molecule has 0 radical (unpaired) electrons. The summed E-state index contributed by atoms with van der Waals surface area (Å²) in [5, 5.41) is 2.79. The van der Waals surface area contributed by atoms with Crippen LogP contribution >= 0.6 is 0 Å². The number of amides is 2. The molecular formula is C28H32FN3O2. The van der Waals surface area contributed by atoms with Gasteiger partial charge in [-0.05, 0) is 90.9 Å². The first-order valence-corrected chi connectivity index (χ1v) is 11.9. The number of carbonyl (C=O) groups excluding carboxylic acids is 2. The average Bonchev–Trinajstić information content (AvgIpc) is 3.21. The summed E-state index contributed by atoms with van der Waals surface area (Å²) in [4.78, 5) is 26.4. The van der Waals surface area contributed by atoms with Gasteiger partial charge in [-0.3, -0.25) is 9.59 Å². The summed E-state index contributed by atoms with van der Waals surface area (Å²) in [6.07, 6.45) is 2.21. The van der Waals surface area contributed by atoms with Crippen LogP contribution in [0.5, 0.6) is 0 Å². The van der Waals surface area contributed by atoms with Crippen LogP contribution in [-0.2, 0) is 16.0 Å². The molecule has 1 aromatic heterocycles. The Morgan fingerprint density at radius 2 is 1.59 bits per heavy atom. The van der Waals surface area contributed by atoms with Gasteiger partial charge in [-0.25, -0.2) is 4.39 Å². The molecule has 6 heteroatoms. The minimum Gasteiger partial charge on any atom is -0.342 e. The summed E-state index contributed by atoms with van der Waals surface area (Å²) >= 11 is 0. The number of aromatic nitrogens is 1. The number of likely N-dealkylation sites (tertiary alicyclic amines) is 1. The zero-order chi connectivity index (χ0) is 24.2. The summed E-state index contributed by atoms with van der Waals surface area (Å²) < 4.78 is 15.6. The molecular weight excluding hydrogens is 429 g/mol. The SMILES string of the molecule is CC(=O)Nc1ccc(-n2c(CCC(=O)N3C[C@@H](C)C[C@H](C)C3)ccc2-c2ccc(F)cc2)cc1. The standard InChI is InChI=1S/C28H32FN3O2/c1-19-16-20(2)18-31(17-19)28(34)15-13-26-12-14-27(22-4-6-23(29)7-5-22)32(26)25-10-8-24(9-11-25)30-21(3)33/h4-12,14,19-20H,13,15-18H2,1-3H3,(H,30,33)/t19-,20-/m0/s1. The largest absolute Gasteiger partial charge is 0.342 e. The molecule has 1 aliphatic rings. The Labute approximate surface area is 200 Å². The molecule has 1 aliphatic heterocycles. The molecule has 1 saturated heterocycles. The van der Waals surface area contributed by atoms with Crippen LogP contribution in [0.15, 0.2) is 60.7 Å². The minimum absolute atomic E-state index is 0.124. The van der Waals surface area contributed by atoms with Crippen LogP contribution in [0.4, 0.5) is 10.1 Å². The third-order valence-electron chi connectivity index (χ3n) is 6.36. The third kappa shape index (κ3) is 5.56. The number of benzene rings is 2. The fourth-order valence-corrected chi connectivity index (χ4v) is 4.98. The molecule has 0 saturated carbocycles. The predicted octanol–water partition coefficient (Wildman–Crippen LogP) is 5.68. The van der Waals surface area contributed by atoms with Crippen molar-refractivity contribution in [2.24, 2.45) is 11.8 Å². The van der Waals surface area contributed by atoms with Crippen molar-refractivity contribution in [1.29, 1.82) is 0 Å². The highest BCUT2D eigenvalue weighted by atomic mass is 19.1. The Kier molecular flexibility index (Phi) is 7.15. The van der Waals surface area contributed by atoms with Crippen molar-refractivity contribution in [2.75, 3.05) is 18.4 Å². The molecule has 34 heavy (non-hydrogen) atoms. The van der Waals surface area contributed by atoms with E-state index in [0.29, 0.717) is 24.7 Å². The number of anilines is 1. The Bertz CT molecular complexity index is 1140. The first-order chi connectivity index (χ1) is 16.3. The zero-order valence-corrected chi connectivity index (χ0v) is 20.1. The lowest BCUT2D eigenvalue weighted by atomic mass is 9.91. The van der Waals surface area contributed by atoms with Gasteiger partial charge >= 0.3 is 0 Å². The second kappa shape index (κ2) is 10.2. The van der Waals surface area contributed by atoms with E-state index in [-0.39, 0.29) is 17.6 Å². The first kappa shape index (κ1) is 23.7. The van der Waals surface area contributed by atoms with Gasteiger partial charge in [0.15, 0.2) is 0 Å². The topological polar surface area (TPSA) is 54.3 Å². The molecule has 2 atom stereocenters. The van der Waals surface area contributed by atoms with E-state index in [2.05, 4.69) is 23.7 Å². The number of piperidine rings is 1. The van der Waals surface area contributed by atoms with Crippen molar-refractivity contribution in [3.63, 3.8) is 0 Å². The highest BCUT2D eigenvalue weighted by molar-refractivity contribution is 5.88. The lowest BCUT2D eigenvalue weighted by Gasteiger charge is -2.35. The van der Waals surface area contributed by atoms with E-state index < -0.39 is 0 Å². The number of hydrogen-bond donors (Lipinski definition) is 1. The average molecular weight is 462 g/mol. The zero-order valence-electron chi connectivity index (χ0n) is 20.1. The minimum atomic E-state index is -0.280. The van der Waals surface area contributed by atoms with Gasteiger partial charge in [0.25, 0.3) is 0 Å². The number of nitrogens with one attached hydrogen (secondary N) is 1. The molecule has 2 amide bonds. The predicted molar refractivity (Wildman–Crippen MR) is 133 cm³/mol. The first-order valence-electron chi connectivity index (χ1n) is 11.9. The molecule has 0 unspecified atom stereocenters. The molecule has 0 aliphatic carbocycles. The lowest BCUT2D eigenvalue weighted by Crippen LogP contribution is -2.42. The van der Waals surface area contributed by atoms with Gasteiger partial charge in [0.2, 0.25) is 11.8 Å². The Hall–Kier alpha value is -3.41. The van der Waals surface area contributed by atoms with Gasteiger partial charge in [0.1, 0.15) is 5.82 Å². The summed E-state index contributed by atoms with van der Waals surface area (Å²) in [6, 6.07) is 18.1. The molecule has 3 aromatic rings. The van der Waals surface area contributed by atoms with Crippen molar-refractivity contribution >= 4 is 17.5 Å². The van der Waals surface area contributed by atoms with Crippen molar-refractivity contribution < 1.29 is 14.0 Å². The Balaban J connectivity index is 1.61. The normalized spacial score (nSPS) is 18.1. The van der Waals surface area contributed by atoms with Crippen molar-refractivity contribution in [3.05, 3.63) is 72.2 Å². The Morgan fingerprint density at radius 3 is 2.21 bits per heavy atom. The molecule has 1 N–H and O–H groups in total. The van der Waals surface area contributed by atoms with Gasteiger partial charge in [-0.1, -0.05) is 13.8 Å². The maximum atomic E-state index is 13.5. The summed E-state index contributed by atoms with van der Waals surface area (Å²) in [5.74, 6) is 0.849. The highest BCUT2D eigenvalue weighted by Gasteiger charge is 2.25. The Morgan fingerprint density at radius 1 is 0.941 bits per heavy atom. The third-order valence-corrected chi connectivity index (χ3v) is 6.36. The summed E-state index contributed by atoms with van der Waals surface area (Å²) in [5.41, 5.74) is 4.47. The van der Waals surface area contributed by atoms with Crippen LogP contribution in [0, 0.1) is 17.7 Å². The van der Waals surface area contributed by atoms with E-state index in [9.17, 15) is 14.0 Å². The van der Waals surface area contributed by atoms with Gasteiger partial charge < -0.3 is 14.8 Å². The summed E-state index contributed by atoms with van der Waals surface area (Å²) in [6.45, 7) is 7.55. The smallest absolute Gasteiger partial charge is 0.222 e. The molecule has 5 nitrogen and oxygen atoms in total. The van der Waals surface area contributed by atoms with Crippen molar-refractivity contribution in [2.45, 2.75) is 40.0 Å². The number of aryl methyl sites for hydroxylation is 1. The van der Waals surface area contributed by atoms with Gasteiger partial charge in [-0.2, -0.15) is 0 Å². The number of rotatable bonds is 6. The lowest BCUT2D eigenvalue weighted by molar-refractivity contribution is -0.133. The molecule has 0 spiro atoms. The van der Waals surface area contributed by atoms with Crippen LogP contribution in [0.3, 0.4) is 0 Å². The number of hydrogen-bond acceptors (Lipinski definition) is 2. The maximum Gasteiger partial charge on any atom is 0.222 e. The van der Waals surface area contributed by atoms with Crippen LogP contribution < -0.4 is 5.32 Å². The van der Waals surface area contributed by atoms with Crippen LogP contribution in [-0.4, -0.2) is 34.4 Å². The second-order valence-electron chi connectivity index (χ2n) is 9.53. The van der Waals surface area contributed by atoms with Gasteiger partial charge in [0.05, 0.1) is 5.69 Å². The molecule has 178 valence electrons. The van der Waals surface area contributed by atoms with E-state index >= 15 is 0 Å². The fourth-order valence-electron chi connectivity index (χ4n) is 4.98.